The van der Waals surface area contributed by atoms with Crippen LogP contribution in [0.25, 0.3) is 0 Å². The molecule has 140 valence electrons. The lowest BCUT2D eigenvalue weighted by molar-refractivity contribution is 0.258. The molecule has 25 heavy (non-hydrogen) atoms. The molecule has 1 heterocycles. The van der Waals surface area contributed by atoms with Gasteiger partial charge in [-0.25, -0.2) is 0 Å². The summed E-state index contributed by atoms with van der Waals surface area (Å²) >= 11 is 0. The SMILES string of the molecule is CCNC(=NCCN(C)CC)NC1CC(C)N(Cc2ccccc2)C1. The predicted molar refractivity (Wildman–Crippen MR) is 107 cm³/mol. The van der Waals surface area contributed by atoms with Crippen LogP contribution in [0.2, 0.25) is 0 Å². The van der Waals surface area contributed by atoms with Crippen LogP contribution in [-0.2, 0) is 6.54 Å². The molecular weight excluding hydrogens is 310 g/mol. The summed E-state index contributed by atoms with van der Waals surface area (Å²) in [5.74, 6) is 0.950. The van der Waals surface area contributed by atoms with Crippen LogP contribution in [0.1, 0.15) is 32.8 Å². The molecule has 1 saturated heterocycles. The molecule has 0 aromatic heterocycles. The van der Waals surface area contributed by atoms with Gasteiger partial charge < -0.3 is 15.5 Å². The summed E-state index contributed by atoms with van der Waals surface area (Å²) in [6, 6.07) is 11.8. The van der Waals surface area contributed by atoms with Gasteiger partial charge in [0.15, 0.2) is 5.96 Å². The monoisotopic (exact) mass is 345 g/mol. The predicted octanol–water partition coefficient (Wildman–Crippen LogP) is 2.16. The number of hydrogen-bond donors (Lipinski definition) is 2. The lowest BCUT2D eigenvalue weighted by Crippen LogP contribution is -2.44. The molecule has 0 amide bonds. The average Bonchev–Trinajstić information content (AvgIpc) is 2.95. The summed E-state index contributed by atoms with van der Waals surface area (Å²) in [7, 11) is 2.13. The Morgan fingerprint density at radius 2 is 2.04 bits per heavy atom. The van der Waals surface area contributed by atoms with Gasteiger partial charge in [-0.15, -0.1) is 0 Å². The van der Waals surface area contributed by atoms with Gasteiger partial charge in [0.25, 0.3) is 0 Å². The molecule has 0 aliphatic carbocycles. The topological polar surface area (TPSA) is 42.9 Å². The second-order valence-corrected chi connectivity index (χ2v) is 7.00. The van der Waals surface area contributed by atoms with Crippen molar-refractivity contribution in [3.63, 3.8) is 0 Å². The van der Waals surface area contributed by atoms with Gasteiger partial charge in [0.05, 0.1) is 6.54 Å². The van der Waals surface area contributed by atoms with Crippen molar-refractivity contribution in [2.24, 2.45) is 4.99 Å². The molecule has 1 fully saturated rings. The number of benzene rings is 1. The third kappa shape index (κ3) is 6.67. The van der Waals surface area contributed by atoms with Crippen molar-refractivity contribution in [3.05, 3.63) is 35.9 Å². The fourth-order valence-corrected chi connectivity index (χ4v) is 3.25. The van der Waals surface area contributed by atoms with Gasteiger partial charge in [-0.1, -0.05) is 37.3 Å². The smallest absolute Gasteiger partial charge is 0.191 e. The zero-order valence-corrected chi connectivity index (χ0v) is 16.3. The molecule has 0 radical (unpaired) electrons. The fourth-order valence-electron chi connectivity index (χ4n) is 3.25. The van der Waals surface area contributed by atoms with Gasteiger partial charge in [-0.05, 0) is 39.4 Å². The second kappa shape index (κ2) is 10.4. The van der Waals surface area contributed by atoms with Crippen molar-refractivity contribution in [1.82, 2.24) is 20.4 Å². The first kappa shape index (κ1) is 19.7. The van der Waals surface area contributed by atoms with Gasteiger partial charge in [-0.2, -0.15) is 0 Å². The summed E-state index contributed by atoms with van der Waals surface area (Å²) in [6.07, 6.45) is 1.16. The van der Waals surface area contributed by atoms with Crippen molar-refractivity contribution < 1.29 is 0 Å². The van der Waals surface area contributed by atoms with E-state index < -0.39 is 0 Å². The molecule has 0 saturated carbocycles. The minimum absolute atomic E-state index is 0.459. The zero-order chi connectivity index (χ0) is 18.1. The van der Waals surface area contributed by atoms with E-state index in [0.29, 0.717) is 12.1 Å². The lowest BCUT2D eigenvalue weighted by Gasteiger charge is -2.21. The Morgan fingerprint density at radius 3 is 2.72 bits per heavy atom. The van der Waals surface area contributed by atoms with E-state index >= 15 is 0 Å². The van der Waals surface area contributed by atoms with Crippen molar-refractivity contribution in [2.45, 2.75) is 45.8 Å². The van der Waals surface area contributed by atoms with Gasteiger partial charge in [0, 0.05) is 38.3 Å². The van der Waals surface area contributed by atoms with Crippen LogP contribution in [-0.4, -0.2) is 67.6 Å². The van der Waals surface area contributed by atoms with Crippen LogP contribution in [0.15, 0.2) is 35.3 Å². The van der Waals surface area contributed by atoms with Crippen LogP contribution in [0.5, 0.6) is 0 Å². The molecule has 2 N–H and O–H groups in total. The molecule has 2 rings (SSSR count). The van der Waals surface area contributed by atoms with Crippen LogP contribution in [0.4, 0.5) is 0 Å². The van der Waals surface area contributed by atoms with Crippen LogP contribution >= 0.6 is 0 Å². The summed E-state index contributed by atoms with van der Waals surface area (Å²) in [5, 5.41) is 7.02. The van der Waals surface area contributed by atoms with Crippen molar-refractivity contribution in [3.8, 4) is 0 Å². The Morgan fingerprint density at radius 1 is 1.28 bits per heavy atom. The maximum Gasteiger partial charge on any atom is 0.191 e. The summed E-state index contributed by atoms with van der Waals surface area (Å²) < 4.78 is 0. The Balaban J connectivity index is 1.86. The van der Waals surface area contributed by atoms with Crippen LogP contribution in [0.3, 0.4) is 0 Å². The molecular formula is C20H35N5. The first-order valence-corrected chi connectivity index (χ1v) is 9.63. The van der Waals surface area contributed by atoms with E-state index in [4.69, 9.17) is 4.99 Å². The number of rotatable bonds is 8. The summed E-state index contributed by atoms with van der Waals surface area (Å²) in [6.45, 7) is 12.5. The number of hydrogen-bond acceptors (Lipinski definition) is 3. The lowest BCUT2D eigenvalue weighted by atomic mass is 10.2. The molecule has 0 bridgehead atoms. The number of nitrogens with one attached hydrogen (secondary N) is 2. The Bertz CT molecular complexity index is 516. The molecule has 1 aliphatic heterocycles. The Kier molecular flexibility index (Phi) is 8.22. The Labute approximate surface area is 153 Å². The number of likely N-dealkylation sites (tertiary alicyclic amines) is 1. The largest absolute Gasteiger partial charge is 0.357 e. The van der Waals surface area contributed by atoms with Crippen molar-refractivity contribution >= 4 is 5.96 Å². The quantitative estimate of drug-likeness (QED) is 0.560. The minimum Gasteiger partial charge on any atom is -0.357 e. The maximum absolute atomic E-state index is 4.73. The second-order valence-electron chi connectivity index (χ2n) is 7.00. The van der Waals surface area contributed by atoms with E-state index in [2.05, 4.69) is 78.6 Å². The van der Waals surface area contributed by atoms with Crippen LogP contribution in [0, 0.1) is 0 Å². The highest BCUT2D eigenvalue weighted by molar-refractivity contribution is 5.80. The van der Waals surface area contributed by atoms with Gasteiger partial charge in [0.1, 0.15) is 0 Å². The molecule has 1 aromatic carbocycles. The first-order chi connectivity index (χ1) is 12.1. The standard InChI is InChI=1S/C20H35N5/c1-5-21-20(22-12-13-24(4)6-2)23-19-14-17(3)25(16-19)15-18-10-8-7-9-11-18/h7-11,17,19H,5-6,12-16H2,1-4H3,(H2,21,22,23). The minimum atomic E-state index is 0.459. The summed E-state index contributed by atoms with van der Waals surface area (Å²) in [5.41, 5.74) is 1.39. The number of nitrogens with zero attached hydrogens (tertiary/aromatic N) is 3. The third-order valence-electron chi connectivity index (χ3n) is 4.91. The first-order valence-electron chi connectivity index (χ1n) is 9.63. The maximum atomic E-state index is 4.73. The zero-order valence-electron chi connectivity index (χ0n) is 16.3. The highest BCUT2D eigenvalue weighted by Crippen LogP contribution is 2.20. The fraction of sp³-hybridized carbons (Fsp3) is 0.650. The highest BCUT2D eigenvalue weighted by Gasteiger charge is 2.29. The number of guanidine groups is 1. The Hall–Kier alpha value is -1.59. The molecule has 2 atom stereocenters. The molecule has 0 spiro atoms. The van der Waals surface area contributed by atoms with E-state index in [1.165, 1.54) is 5.56 Å². The van der Waals surface area contributed by atoms with Gasteiger partial charge in [0.2, 0.25) is 0 Å². The van der Waals surface area contributed by atoms with E-state index in [0.717, 1.165) is 51.6 Å². The van der Waals surface area contributed by atoms with Gasteiger partial charge in [-0.3, -0.25) is 9.89 Å². The normalized spacial score (nSPS) is 21.7. The van der Waals surface area contributed by atoms with Crippen LogP contribution < -0.4 is 10.6 Å². The van der Waals surface area contributed by atoms with E-state index in [-0.39, 0.29) is 0 Å². The molecule has 1 aliphatic rings. The van der Waals surface area contributed by atoms with Crippen molar-refractivity contribution in [1.29, 1.82) is 0 Å². The van der Waals surface area contributed by atoms with E-state index in [9.17, 15) is 0 Å². The average molecular weight is 346 g/mol. The van der Waals surface area contributed by atoms with E-state index in [1.807, 2.05) is 0 Å². The molecule has 5 nitrogen and oxygen atoms in total. The molecule has 1 aromatic rings. The van der Waals surface area contributed by atoms with E-state index in [1.54, 1.807) is 0 Å². The number of aliphatic imine (C=N–C) groups is 1. The highest BCUT2D eigenvalue weighted by atomic mass is 15.3. The molecule has 2 unspecified atom stereocenters. The summed E-state index contributed by atoms with van der Waals surface area (Å²) in [4.78, 5) is 9.57. The molecule has 5 heteroatoms. The number of likely N-dealkylation sites (N-methyl/N-ethyl adjacent to an activating group) is 1. The third-order valence-corrected chi connectivity index (χ3v) is 4.91. The van der Waals surface area contributed by atoms with Gasteiger partial charge >= 0.3 is 0 Å². The van der Waals surface area contributed by atoms with Crippen molar-refractivity contribution in [2.75, 3.05) is 39.8 Å².